The van der Waals surface area contributed by atoms with Gasteiger partial charge in [-0.15, -0.1) is 0 Å². The van der Waals surface area contributed by atoms with Crippen LogP contribution in [0.2, 0.25) is 0 Å². The number of ether oxygens (including phenoxy) is 3. The number of likely N-dealkylation sites (N-methyl/N-ethyl adjacent to an activating group) is 1. The Hall–Kier alpha value is -6.16. The largest absolute Gasteiger partial charge is 0.488 e. The van der Waals surface area contributed by atoms with Gasteiger partial charge in [-0.2, -0.15) is 0 Å². The van der Waals surface area contributed by atoms with Gasteiger partial charge < -0.3 is 44.4 Å². The maximum Gasteiger partial charge on any atom is 0.407 e. The number of imidazole rings is 2. The third kappa shape index (κ3) is 7.68. The SMILES string of the molecule is CC[C@H]1CC[C@@H](c2nc3c(ccc4cc5c(cc43)OCc3cc(-c4cnc([C@@H]6CC[C@H](C)N6C(=O)[C@@H](NC(=O)OC)C(C)C)[nH]4)ccc3-5)[nH]2)N1C(=O)[C@H]([C@H]1CCCOC1)N(C)C(=O)O. The lowest BCUT2D eigenvalue weighted by Crippen LogP contribution is -2.55. The molecule has 4 aliphatic heterocycles. The van der Waals surface area contributed by atoms with Gasteiger partial charge in [0.05, 0.1) is 48.7 Å². The number of carbonyl (C=O) groups is 4. The van der Waals surface area contributed by atoms with Crippen molar-refractivity contribution in [2.24, 2.45) is 11.8 Å². The first-order chi connectivity index (χ1) is 30.9. The number of H-pyrrole nitrogens is 2. The minimum absolute atomic E-state index is 0.0219. The monoisotopic (exact) mass is 874 g/mol. The standard InChI is InChI=1S/C48H58N8O8/c1-7-31-13-17-38(56(31)46(58)42(54(5)48(60)61)29-9-8-18-63-23-29)44-50-35-15-12-27-20-34-32-14-11-28(19-30(32)24-64-39(34)21-33(27)41(35)52-44)36-22-49-43(51-36)37-16-10-26(4)55(37)45(57)40(25(2)3)53-47(59)62-6/h11-12,14-15,19-22,25-26,29,31,37-38,40,42H,7-10,13,16-18,23-24H2,1-6H3,(H,49,51)(H,50,52)(H,53,59)(H,60,61)/t26-,29-,31-,37-,38-,40-,42-/m0/s1. The third-order valence-electron chi connectivity index (χ3n) is 14.1. The van der Waals surface area contributed by atoms with E-state index in [-0.39, 0.29) is 47.8 Å². The third-order valence-corrected chi connectivity index (χ3v) is 14.1. The second-order valence-electron chi connectivity index (χ2n) is 18.3. The number of nitrogens with one attached hydrogen (secondary N) is 3. The van der Waals surface area contributed by atoms with E-state index in [9.17, 15) is 24.3 Å². The van der Waals surface area contributed by atoms with Crippen molar-refractivity contribution in [3.63, 3.8) is 0 Å². The fourth-order valence-corrected chi connectivity index (χ4v) is 10.6. The van der Waals surface area contributed by atoms with Crippen molar-refractivity contribution in [2.45, 2.75) is 115 Å². The molecule has 3 saturated heterocycles. The number of likely N-dealkylation sites (tertiary alicyclic amines) is 2. The number of nitrogens with zero attached hydrogens (tertiary/aromatic N) is 5. The molecular weight excluding hydrogens is 817 g/mol. The summed E-state index contributed by atoms with van der Waals surface area (Å²) in [7, 11) is 2.78. The minimum atomic E-state index is -1.13. The van der Waals surface area contributed by atoms with Gasteiger partial charge >= 0.3 is 12.2 Å². The van der Waals surface area contributed by atoms with Gasteiger partial charge in [0.25, 0.3) is 0 Å². The quantitative estimate of drug-likeness (QED) is 0.107. The van der Waals surface area contributed by atoms with Crippen molar-refractivity contribution in [1.29, 1.82) is 0 Å². The van der Waals surface area contributed by atoms with Gasteiger partial charge in [-0.25, -0.2) is 19.6 Å². The molecule has 3 aromatic carbocycles. The van der Waals surface area contributed by atoms with E-state index in [1.807, 2.05) is 42.8 Å². The summed E-state index contributed by atoms with van der Waals surface area (Å²) in [5, 5.41) is 14.7. The van der Waals surface area contributed by atoms with Crippen LogP contribution in [0, 0.1) is 11.8 Å². The number of carboxylic acid groups (broad SMARTS) is 1. The number of hydrogen-bond donors (Lipinski definition) is 4. The van der Waals surface area contributed by atoms with Crippen LogP contribution in [-0.4, -0.2) is 115 Å². The zero-order valence-electron chi connectivity index (χ0n) is 37.3. The topological polar surface area (TPSA) is 195 Å². The Kier molecular flexibility index (Phi) is 11.7. The number of fused-ring (bicyclic) bond motifs is 6. The van der Waals surface area contributed by atoms with Gasteiger partial charge in [-0.3, -0.25) is 14.5 Å². The van der Waals surface area contributed by atoms with E-state index in [1.165, 1.54) is 19.1 Å². The van der Waals surface area contributed by atoms with E-state index < -0.39 is 24.3 Å². The van der Waals surface area contributed by atoms with Gasteiger partial charge in [-0.1, -0.05) is 39.0 Å². The van der Waals surface area contributed by atoms with Gasteiger partial charge in [0.15, 0.2) is 0 Å². The molecule has 4 amide bonds. The van der Waals surface area contributed by atoms with Crippen LogP contribution in [0.5, 0.6) is 5.75 Å². The molecule has 6 heterocycles. The average Bonchev–Trinajstić information content (AvgIpc) is 4.13. The molecule has 4 aliphatic rings. The number of alkyl carbamates (subject to hydrolysis) is 1. The highest BCUT2D eigenvalue weighted by molar-refractivity contribution is 6.07. The second kappa shape index (κ2) is 17.4. The number of aromatic nitrogens is 4. The van der Waals surface area contributed by atoms with E-state index in [1.54, 1.807) is 0 Å². The highest BCUT2D eigenvalue weighted by Crippen LogP contribution is 2.45. The molecular formula is C48H58N8O8. The Bertz CT molecular complexity index is 2600. The Labute approximate surface area is 372 Å². The van der Waals surface area contributed by atoms with Crippen molar-refractivity contribution in [3.05, 3.63) is 65.9 Å². The minimum Gasteiger partial charge on any atom is -0.488 e. The molecule has 64 heavy (non-hydrogen) atoms. The Balaban J connectivity index is 0.976. The van der Waals surface area contributed by atoms with Crippen LogP contribution < -0.4 is 10.1 Å². The summed E-state index contributed by atoms with van der Waals surface area (Å²) in [5.41, 5.74) is 6.51. The fourth-order valence-electron chi connectivity index (χ4n) is 10.6. The van der Waals surface area contributed by atoms with E-state index in [0.717, 1.165) is 100 Å². The molecule has 0 radical (unpaired) electrons. The Morgan fingerprint density at radius 1 is 0.969 bits per heavy atom. The number of carbonyl (C=O) groups excluding carboxylic acids is 3. The number of methoxy groups -OCH3 is 1. The van der Waals surface area contributed by atoms with Crippen LogP contribution in [0.1, 0.15) is 102 Å². The lowest BCUT2D eigenvalue weighted by Gasteiger charge is -2.39. The second-order valence-corrected chi connectivity index (χ2v) is 18.3. The summed E-state index contributed by atoms with van der Waals surface area (Å²) >= 11 is 0. The summed E-state index contributed by atoms with van der Waals surface area (Å²) in [6.07, 6.45) is 5.40. The smallest absolute Gasteiger partial charge is 0.407 e. The average molecular weight is 875 g/mol. The zero-order valence-corrected chi connectivity index (χ0v) is 37.3. The molecule has 4 N–H and O–H groups in total. The predicted molar refractivity (Wildman–Crippen MR) is 239 cm³/mol. The van der Waals surface area contributed by atoms with Gasteiger partial charge in [0, 0.05) is 42.6 Å². The van der Waals surface area contributed by atoms with Crippen molar-refractivity contribution in [1.82, 2.24) is 40.0 Å². The summed E-state index contributed by atoms with van der Waals surface area (Å²) in [5.74, 6) is 1.45. The number of amides is 4. The summed E-state index contributed by atoms with van der Waals surface area (Å²) in [6.45, 7) is 9.25. The lowest BCUT2D eigenvalue weighted by atomic mass is 9.91. The molecule has 5 aromatic rings. The molecule has 338 valence electrons. The molecule has 0 unspecified atom stereocenters. The van der Waals surface area contributed by atoms with Crippen LogP contribution in [0.3, 0.4) is 0 Å². The molecule has 16 heteroatoms. The van der Waals surface area contributed by atoms with Crippen molar-refractivity contribution in [3.8, 4) is 28.1 Å². The Morgan fingerprint density at radius 3 is 2.50 bits per heavy atom. The molecule has 0 spiro atoms. The van der Waals surface area contributed by atoms with E-state index in [2.05, 4.69) is 58.6 Å². The van der Waals surface area contributed by atoms with E-state index in [0.29, 0.717) is 31.5 Å². The molecule has 7 atom stereocenters. The molecule has 0 bridgehead atoms. The first-order valence-electron chi connectivity index (χ1n) is 22.7. The first kappa shape index (κ1) is 43.1. The van der Waals surface area contributed by atoms with Gasteiger partial charge in [0.2, 0.25) is 11.8 Å². The highest BCUT2D eigenvalue weighted by Gasteiger charge is 2.46. The normalized spacial score (nSPS) is 22.8. The van der Waals surface area contributed by atoms with Gasteiger partial charge in [-0.05, 0) is 104 Å². The van der Waals surface area contributed by atoms with Crippen LogP contribution in [0.25, 0.3) is 44.2 Å². The molecule has 0 aliphatic carbocycles. The van der Waals surface area contributed by atoms with Crippen molar-refractivity contribution < 1.29 is 38.5 Å². The molecule has 3 fully saturated rings. The molecule has 0 saturated carbocycles. The molecule has 2 aromatic heterocycles. The number of aromatic amines is 2. The number of rotatable bonds is 10. The zero-order chi connectivity index (χ0) is 45.0. The van der Waals surface area contributed by atoms with Crippen molar-refractivity contribution in [2.75, 3.05) is 27.4 Å². The van der Waals surface area contributed by atoms with Gasteiger partial charge in [0.1, 0.15) is 36.1 Å². The molecule has 16 nitrogen and oxygen atoms in total. The highest BCUT2D eigenvalue weighted by atomic mass is 16.5. The number of hydrogen-bond acceptors (Lipinski definition) is 9. The number of benzene rings is 3. The van der Waals surface area contributed by atoms with Crippen LogP contribution in [0.15, 0.2) is 48.7 Å². The Morgan fingerprint density at radius 2 is 1.77 bits per heavy atom. The summed E-state index contributed by atoms with van der Waals surface area (Å²) < 4.78 is 17.0. The fraction of sp³-hybridized carbons (Fsp3) is 0.500. The maximum absolute atomic E-state index is 14.6. The van der Waals surface area contributed by atoms with E-state index >= 15 is 0 Å². The van der Waals surface area contributed by atoms with Crippen LogP contribution in [-0.2, 0) is 25.7 Å². The summed E-state index contributed by atoms with van der Waals surface area (Å²) in [6, 6.07) is 12.4. The van der Waals surface area contributed by atoms with Crippen molar-refractivity contribution >= 4 is 45.8 Å². The predicted octanol–water partition coefficient (Wildman–Crippen LogP) is 7.95. The van der Waals surface area contributed by atoms with E-state index in [4.69, 9.17) is 24.2 Å². The van der Waals surface area contributed by atoms with Crippen LogP contribution >= 0.6 is 0 Å². The maximum atomic E-state index is 14.6. The summed E-state index contributed by atoms with van der Waals surface area (Å²) in [4.78, 5) is 74.8. The van der Waals surface area contributed by atoms with Crippen LogP contribution in [0.4, 0.5) is 9.59 Å². The first-order valence-corrected chi connectivity index (χ1v) is 22.7. The lowest BCUT2D eigenvalue weighted by molar-refractivity contribution is -0.143. The molecule has 9 rings (SSSR count).